The summed E-state index contributed by atoms with van der Waals surface area (Å²) in [6.07, 6.45) is 4.82. The van der Waals surface area contributed by atoms with Crippen LogP contribution in [0.2, 0.25) is 0 Å². The number of aromatic nitrogens is 2. The van der Waals surface area contributed by atoms with Gasteiger partial charge in [-0.3, -0.25) is 4.79 Å². The molecule has 6 heteroatoms. The number of carbonyl (C=O) groups excluding carboxylic acids is 1. The molecule has 6 nitrogen and oxygen atoms in total. The van der Waals surface area contributed by atoms with E-state index in [1.165, 1.54) is 6.33 Å². The summed E-state index contributed by atoms with van der Waals surface area (Å²) in [4.78, 5) is 20.3. The van der Waals surface area contributed by atoms with Crippen LogP contribution in [0.5, 0.6) is 11.5 Å². The number of carbonyl (C=O) groups is 1. The number of ether oxygens (including phenoxy) is 1. The van der Waals surface area contributed by atoms with E-state index in [9.17, 15) is 4.79 Å². The van der Waals surface area contributed by atoms with E-state index in [1.807, 2.05) is 54.6 Å². The molecule has 0 bridgehead atoms. The largest absolute Gasteiger partial charge is 0.457 e. The van der Waals surface area contributed by atoms with Crippen molar-refractivity contribution >= 4 is 17.4 Å². The second-order valence-electron chi connectivity index (χ2n) is 7.30. The third kappa shape index (κ3) is 4.71. The molecule has 148 valence electrons. The molecule has 1 atom stereocenters. The monoisotopic (exact) mass is 388 g/mol. The highest BCUT2D eigenvalue weighted by molar-refractivity contribution is 5.83. The first-order valence-electron chi connectivity index (χ1n) is 9.88. The summed E-state index contributed by atoms with van der Waals surface area (Å²) in [5.41, 5.74) is 7.84. The van der Waals surface area contributed by atoms with E-state index < -0.39 is 0 Å². The van der Waals surface area contributed by atoms with E-state index in [4.69, 9.17) is 10.5 Å². The molecule has 0 amide bonds. The molecular formula is C23H24N4O2. The highest BCUT2D eigenvalue weighted by Gasteiger charge is 2.20. The van der Waals surface area contributed by atoms with Crippen LogP contribution >= 0.6 is 0 Å². The molecule has 1 aliphatic carbocycles. The van der Waals surface area contributed by atoms with E-state index in [0.717, 1.165) is 35.5 Å². The molecule has 0 aliphatic heterocycles. The normalized spacial score (nSPS) is 16.4. The lowest BCUT2D eigenvalue weighted by Gasteiger charge is -2.22. The van der Waals surface area contributed by atoms with Gasteiger partial charge < -0.3 is 15.8 Å². The molecule has 2 aromatic carbocycles. The molecule has 1 aliphatic rings. The van der Waals surface area contributed by atoms with Gasteiger partial charge in [-0.05, 0) is 48.6 Å². The zero-order chi connectivity index (χ0) is 20.1. The number of hydrogen-bond acceptors (Lipinski definition) is 6. The minimum atomic E-state index is 0.335. The number of nitrogens with zero attached hydrogens (tertiary/aromatic N) is 2. The molecule has 1 saturated carbocycles. The maximum atomic E-state index is 11.7. The van der Waals surface area contributed by atoms with Gasteiger partial charge in [0, 0.05) is 19.4 Å². The summed E-state index contributed by atoms with van der Waals surface area (Å²) in [6.45, 7) is 0.699. The Kier molecular flexibility index (Phi) is 5.70. The zero-order valence-corrected chi connectivity index (χ0v) is 16.2. The van der Waals surface area contributed by atoms with E-state index in [2.05, 4.69) is 15.3 Å². The van der Waals surface area contributed by atoms with Gasteiger partial charge in [0.2, 0.25) is 0 Å². The fourth-order valence-electron chi connectivity index (χ4n) is 3.66. The van der Waals surface area contributed by atoms with Crippen molar-refractivity contribution in [2.24, 2.45) is 5.92 Å². The number of nitrogen functional groups attached to an aromatic ring is 1. The Balaban J connectivity index is 1.51. The van der Waals surface area contributed by atoms with Gasteiger partial charge in [-0.25, -0.2) is 9.97 Å². The molecule has 0 spiro atoms. The number of anilines is 2. The fourth-order valence-corrected chi connectivity index (χ4v) is 3.66. The Hall–Kier alpha value is -3.41. The van der Waals surface area contributed by atoms with Gasteiger partial charge in [-0.2, -0.15) is 0 Å². The van der Waals surface area contributed by atoms with Gasteiger partial charge in [-0.15, -0.1) is 0 Å². The molecule has 1 fully saturated rings. The van der Waals surface area contributed by atoms with E-state index in [-0.39, 0.29) is 0 Å². The van der Waals surface area contributed by atoms with Crippen LogP contribution in [0.4, 0.5) is 11.6 Å². The average molecular weight is 388 g/mol. The maximum absolute atomic E-state index is 11.7. The molecule has 0 saturated heterocycles. The number of hydrogen-bond donors (Lipinski definition) is 2. The SMILES string of the molecule is Nc1ncnc(NCC2CCCC(=O)C2)c1-c1ccc(Oc2ccccc2)cc1. The van der Waals surface area contributed by atoms with Crippen LogP contribution in [0.25, 0.3) is 11.1 Å². The molecule has 1 heterocycles. The van der Waals surface area contributed by atoms with Crippen molar-refractivity contribution in [1.29, 1.82) is 0 Å². The topological polar surface area (TPSA) is 90.1 Å². The van der Waals surface area contributed by atoms with E-state index in [1.54, 1.807) is 0 Å². The molecule has 1 unspecified atom stereocenters. The fraction of sp³-hybridized carbons (Fsp3) is 0.261. The lowest BCUT2D eigenvalue weighted by Crippen LogP contribution is -2.22. The smallest absolute Gasteiger partial charge is 0.139 e. The Labute approximate surface area is 170 Å². The average Bonchev–Trinajstić information content (AvgIpc) is 2.74. The van der Waals surface area contributed by atoms with Crippen LogP contribution in [0.15, 0.2) is 60.9 Å². The number of benzene rings is 2. The van der Waals surface area contributed by atoms with Gasteiger partial charge in [0.15, 0.2) is 0 Å². The predicted octanol–water partition coefficient (Wildman–Crippen LogP) is 4.69. The summed E-state index contributed by atoms with van der Waals surface area (Å²) in [5.74, 6) is 3.31. The molecule has 3 N–H and O–H groups in total. The first-order chi connectivity index (χ1) is 14.2. The molecule has 3 aromatic rings. The number of nitrogens with one attached hydrogen (secondary N) is 1. The highest BCUT2D eigenvalue weighted by Crippen LogP contribution is 2.33. The molecule has 1 aromatic heterocycles. The summed E-state index contributed by atoms with van der Waals surface area (Å²) in [5, 5.41) is 3.38. The van der Waals surface area contributed by atoms with Crippen molar-refractivity contribution in [3.63, 3.8) is 0 Å². The van der Waals surface area contributed by atoms with Crippen LogP contribution in [-0.4, -0.2) is 22.3 Å². The molecule has 29 heavy (non-hydrogen) atoms. The predicted molar refractivity (Wildman–Crippen MR) is 114 cm³/mol. The molecule has 0 radical (unpaired) electrons. The zero-order valence-electron chi connectivity index (χ0n) is 16.2. The summed E-state index contributed by atoms with van der Waals surface area (Å²) < 4.78 is 5.86. The van der Waals surface area contributed by atoms with Gasteiger partial charge >= 0.3 is 0 Å². The first kappa shape index (κ1) is 18.9. The number of Topliss-reactive ketones (excluding diaryl/α,β-unsaturated/α-hetero) is 1. The van der Waals surface area contributed by atoms with Gasteiger partial charge in [0.25, 0.3) is 0 Å². The van der Waals surface area contributed by atoms with Crippen molar-refractivity contribution in [2.45, 2.75) is 25.7 Å². The van der Waals surface area contributed by atoms with Gasteiger partial charge in [-0.1, -0.05) is 30.3 Å². The van der Waals surface area contributed by atoms with Crippen LogP contribution in [0, 0.1) is 5.92 Å². The van der Waals surface area contributed by atoms with E-state index >= 15 is 0 Å². The Morgan fingerprint density at radius 2 is 1.79 bits per heavy atom. The Bertz CT molecular complexity index is 974. The quantitative estimate of drug-likeness (QED) is 0.637. The van der Waals surface area contributed by atoms with Gasteiger partial charge in [0.1, 0.15) is 35.2 Å². The lowest BCUT2D eigenvalue weighted by atomic mass is 9.88. The third-order valence-corrected chi connectivity index (χ3v) is 5.14. The summed E-state index contributed by atoms with van der Waals surface area (Å²) in [6, 6.07) is 17.3. The molecule has 4 rings (SSSR count). The number of rotatable bonds is 6. The van der Waals surface area contributed by atoms with Crippen molar-refractivity contribution in [3.05, 3.63) is 60.9 Å². The lowest BCUT2D eigenvalue weighted by molar-refractivity contribution is -0.121. The van der Waals surface area contributed by atoms with Crippen molar-refractivity contribution in [2.75, 3.05) is 17.6 Å². The summed E-state index contributed by atoms with van der Waals surface area (Å²) >= 11 is 0. The van der Waals surface area contributed by atoms with E-state index in [0.29, 0.717) is 42.7 Å². The Morgan fingerprint density at radius 3 is 2.55 bits per heavy atom. The van der Waals surface area contributed by atoms with Crippen LogP contribution in [0.3, 0.4) is 0 Å². The van der Waals surface area contributed by atoms with Crippen LogP contribution < -0.4 is 15.8 Å². The Morgan fingerprint density at radius 1 is 1.03 bits per heavy atom. The minimum absolute atomic E-state index is 0.335. The number of ketones is 1. The van der Waals surface area contributed by atoms with Crippen molar-refractivity contribution in [3.8, 4) is 22.6 Å². The van der Waals surface area contributed by atoms with Gasteiger partial charge in [0.05, 0.1) is 5.56 Å². The molecular weight excluding hydrogens is 364 g/mol. The number of para-hydroxylation sites is 1. The third-order valence-electron chi connectivity index (χ3n) is 5.14. The maximum Gasteiger partial charge on any atom is 0.139 e. The van der Waals surface area contributed by atoms with Crippen molar-refractivity contribution < 1.29 is 9.53 Å². The first-order valence-corrected chi connectivity index (χ1v) is 9.88. The second kappa shape index (κ2) is 8.73. The van der Waals surface area contributed by atoms with Crippen LogP contribution in [-0.2, 0) is 4.79 Å². The highest BCUT2D eigenvalue weighted by atomic mass is 16.5. The van der Waals surface area contributed by atoms with Crippen LogP contribution in [0.1, 0.15) is 25.7 Å². The van der Waals surface area contributed by atoms with Crippen molar-refractivity contribution in [1.82, 2.24) is 9.97 Å². The minimum Gasteiger partial charge on any atom is -0.457 e. The number of nitrogens with two attached hydrogens (primary N) is 1. The standard InChI is InChI=1S/C23H24N4O2/c24-22-21(17-9-11-20(12-10-17)29-19-7-2-1-3-8-19)23(27-15-26-22)25-14-16-5-4-6-18(28)13-16/h1-3,7-12,15-16H,4-6,13-14H2,(H3,24,25,26,27). The second-order valence-corrected chi connectivity index (χ2v) is 7.30. The summed E-state index contributed by atoms with van der Waals surface area (Å²) in [7, 11) is 0.